The summed E-state index contributed by atoms with van der Waals surface area (Å²) in [5.74, 6) is 0.0223. The molecule has 0 fully saturated rings. The summed E-state index contributed by atoms with van der Waals surface area (Å²) < 4.78 is 23.3. The van der Waals surface area contributed by atoms with Gasteiger partial charge in [0.15, 0.2) is 0 Å². The number of rotatable bonds is 1. The summed E-state index contributed by atoms with van der Waals surface area (Å²) in [6.07, 6.45) is 2.77. The smallest absolute Gasteiger partial charge is 0.221 e. The third-order valence-electron chi connectivity index (χ3n) is 2.13. The molecule has 0 amide bonds. The highest BCUT2D eigenvalue weighted by molar-refractivity contribution is 8.04. The normalized spacial score (nSPS) is 18.4. The molecule has 1 aromatic carbocycles. The Morgan fingerprint density at radius 2 is 1.93 bits per heavy atom. The first-order chi connectivity index (χ1) is 7.01. The van der Waals surface area contributed by atoms with Crippen molar-refractivity contribution in [1.82, 2.24) is 0 Å². The van der Waals surface area contributed by atoms with E-state index in [0.29, 0.717) is 5.56 Å². The highest BCUT2D eigenvalue weighted by Gasteiger charge is 2.26. The summed E-state index contributed by atoms with van der Waals surface area (Å²) in [5, 5.41) is 9.07. The van der Waals surface area contributed by atoms with E-state index < -0.39 is 9.84 Å². The Kier molecular flexibility index (Phi) is 2.04. The molecular formula is C10H9NO3S. The third kappa shape index (κ3) is 1.50. The SMILES string of the molecule is NC1=CC=C(c2cccc(O)c2)S1(=O)=O. The number of hydrogen-bond donors (Lipinski definition) is 2. The van der Waals surface area contributed by atoms with Gasteiger partial charge in [0.2, 0.25) is 9.84 Å². The van der Waals surface area contributed by atoms with Crippen molar-refractivity contribution in [3.8, 4) is 5.75 Å². The van der Waals surface area contributed by atoms with Crippen molar-refractivity contribution in [1.29, 1.82) is 0 Å². The summed E-state index contributed by atoms with van der Waals surface area (Å²) in [5.41, 5.74) is 5.77. The van der Waals surface area contributed by atoms with Gasteiger partial charge >= 0.3 is 0 Å². The van der Waals surface area contributed by atoms with Crippen LogP contribution in [-0.4, -0.2) is 13.5 Å². The van der Waals surface area contributed by atoms with Gasteiger partial charge in [-0.25, -0.2) is 8.42 Å². The zero-order valence-electron chi connectivity index (χ0n) is 7.71. The zero-order valence-corrected chi connectivity index (χ0v) is 8.53. The predicted octanol–water partition coefficient (Wildman–Crippen LogP) is 0.962. The first kappa shape index (κ1) is 9.79. The Balaban J connectivity index is 2.54. The molecule has 1 aliphatic rings. The van der Waals surface area contributed by atoms with Gasteiger partial charge in [0.1, 0.15) is 10.8 Å². The van der Waals surface area contributed by atoms with Crippen LogP contribution in [0.3, 0.4) is 0 Å². The Morgan fingerprint density at radius 3 is 2.47 bits per heavy atom. The number of hydrogen-bond acceptors (Lipinski definition) is 4. The van der Waals surface area contributed by atoms with E-state index in [-0.39, 0.29) is 15.7 Å². The second-order valence-corrected chi connectivity index (χ2v) is 5.07. The van der Waals surface area contributed by atoms with E-state index in [1.165, 1.54) is 24.3 Å². The van der Waals surface area contributed by atoms with Crippen LogP contribution in [0.2, 0.25) is 0 Å². The molecule has 0 aliphatic carbocycles. The van der Waals surface area contributed by atoms with Crippen LogP contribution in [0.5, 0.6) is 5.75 Å². The molecule has 0 aromatic heterocycles. The lowest BCUT2D eigenvalue weighted by Crippen LogP contribution is -2.09. The van der Waals surface area contributed by atoms with Crippen molar-refractivity contribution >= 4 is 14.7 Å². The van der Waals surface area contributed by atoms with E-state index in [9.17, 15) is 13.5 Å². The van der Waals surface area contributed by atoms with Gasteiger partial charge in [-0.15, -0.1) is 0 Å². The quantitative estimate of drug-likeness (QED) is 0.743. The van der Waals surface area contributed by atoms with Gasteiger partial charge in [-0.05, 0) is 29.8 Å². The van der Waals surface area contributed by atoms with Crippen LogP contribution < -0.4 is 5.73 Å². The van der Waals surface area contributed by atoms with Crippen LogP contribution in [0.25, 0.3) is 4.91 Å². The van der Waals surface area contributed by atoms with E-state index in [2.05, 4.69) is 0 Å². The lowest BCUT2D eigenvalue weighted by Gasteiger charge is -2.04. The van der Waals surface area contributed by atoms with Gasteiger partial charge in [-0.2, -0.15) is 0 Å². The minimum atomic E-state index is -3.55. The van der Waals surface area contributed by atoms with E-state index in [1.54, 1.807) is 12.1 Å². The maximum atomic E-state index is 11.7. The fraction of sp³-hybridized carbons (Fsp3) is 0. The standard InChI is InChI=1S/C10H9NO3S/c11-10-5-4-9(15(10,13)14)7-2-1-3-8(12)6-7/h1-6,12H,11H2. The summed E-state index contributed by atoms with van der Waals surface area (Å²) in [6.45, 7) is 0. The second kappa shape index (κ2) is 3.13. The van der Waals surface area contributed by atoms with E-state index in [4.69, 9.17) is 5.73 Å². The maximum Gasteiger partial charge on any atom is 0.221 e. The Morgan fingerprint density at radius 1 is 1.20 bits per heavy atom. The van der Waals surface area contributed by atoms with Gasteiger partial charge in [-0.3, -0.25) is 0 Å². The Hall–Kier alpha value is -1.75. The van der Waals surface area contributed by atoms with E-state index >= 15 is 0 Å². The van der Waals surface area contributed by atoms with Crippen molar-refractivity contribution in [2.45, 2.75) is 0 Å². The molecule has 0 unspecified atom stereocenters. The van der Waals surface area contributed by atoms with Gasteiger partial charge in [0.05, 0.1) is 4.91 Å². The van der Waals surface area contributed by atoms with Gasteiger partial charge in [-0.1, -0.05) is 12.1 Å². The number of allylic oxidation sites excluding steroid dienone is 2. The highest BCUT2D eigenvalue weighted by atomic mass is 32.2. The van der Waals surface area contributed by atoms with Crippen molar-refractivity contribution in [2.75, 3.05) is 0 Å². The first-order valence-electron chi connectivity index (χ1n) is 4.24. The summed E-state index contributed by atoms with van der Waals surface area (Å²) in [4.78, 5) is 0.121. The summed E-state index contributed by atoms with van der Waals surface area (Å²) >= 11 is 0. The molecule has 1 aliphatic heterocycles. The summed E-state index contributed by atoms with van der Waals surface area (Å²) in [6, 6.07) is 6.04. The Bertz CT molecular complexity index is 570. The first-order valence-corrected chi connectivity index (χ1v) is 5.72. The van der Waals surface area contributed by atoms with Crippen LogP contribution in [0, 0.1) is 0 Å². The van der Waals surface area contributed by atoms with Crippen LogP contribution in [0.15, 0.2) is 41.4 Å². The molecule has 1 aromatic rings. The molecule has 0 radical (unpaired) electrons. The van der Waals surface area contributed by atoms with Crippen LogP contribution >= 0.6 is 0 Å². The molecule has 0 saturated carbocycles. The maximum absolute atomic E-state index is 11.7. The van der Waals surface area contributed by atoms with E-state index in [0.717, 1.165) is 0 Å². The van der Waals surface area contributed by atoms with Gasteiger partial charge < -0.3 is 10.8 Å². The molecule has 0 spiro atoms. The van der Waals surface area contributed by atoms with Crippen molar-refractivity contribution in [3.63, 3.8) is 0 Å². The molecule has 2 rings (SSSR count). The monoisotopic (exact) mass is 223 g/mol. The lowest BCUT2D eigenvalue weighted by molar-refractivity contribution is 0.475. The molecule has 3 N–H and O–H groups in total. The number of phenolic OH excluding ortho intramolecular Hbond substituents is 1. The van der Waals surface area contributed by atoms with E-state index in [1.807, 2.05) is 0 Å². The number of phenols is 1. The number of sulfone groups is 1. The zero-order chi connectivity index (χ0) is 11.1. The molecule has 78 valence electrons. The molecule has 0 saturated heterocycles. The molecule has 1 heterocycles. The highest BCUT2D eigenvalue weighted by Crippen LogP contribution is 2.31. The van der Waals surface area contributed by atoms with Crippen LogP contribution in [0.1, 0.15) is 5.56 Å². The minimum Gasteiger partial charge on any atom is -0.508 e. The average molecular weight is 223 g/mol. The predicted molar refractivity (Wildman–Crippen MR) is 57.3 cm³/mol. The average Bonchev–Trinajstić information content (AvgIpc) is 2.42. The summed E-state index contributed by atoms with van der Waals surface area (Å²) in [7, 11) is -3.55. The molecule has 0 atom stereocenters. The molecule has 4 nitrogen and oxygen atoms in total. The van der Waals surface area contributed by atoms with Crippen LogP contribution in [0.4, 0.5) is 0 Å². The number of aromatic hydroxyl groups is 1. The third-order valence-corrected chi connectivity index (χ3v) is 3.84. The van der Waals surface area contributed by atoms with Crippen LogP contribution in [-0.2, 0) is 9.84 Å². The molecule has 5 heteroatoms. The number of nitrogens with two attached hydrogens (primary N) is 1. The minimum absolute atomic E-state index is 0.0223. The van der Waals surface area contributed by atoms with Crippen molar-refractivity contribution < 1.29 is 13.5 Å². The lowest BCUT2D eigenvalue weighted by atomic mass is 10.2. The topological polar surface area (TPSA) is 80.4 Å². The largest absolute Gasteiger partial charge is 0.508 e. The fourth-order valence-corrected chi connectivity index (χ4v) is 2.56. The molecular weight excluding hydrogens is 214 g/mol. The second-order valence-electron chi connectivity index (χ2n) is 3.15. The molecule has 0 bridgehead atoms. The Labute approximate surface area is 87.3 Å². The number of benzene rings is 1. The van der Waals surface area contributed by atoms with Gasteiger partial charge in [0.25, 0.3) is 0 Å². The van der Waals surface area contributed by atoms with Crippen molar-refractivity contribution in [3.05, 3.63) is 47.0 Å². The molecule has 15 heavy (non-hydrogen) atoms. The fourth-order valence-electron chi connectivity index (χ4n) is 1.37. The van der Waals surface area contributed by atoms with Crippen molar-refractivity contribution in [2.24, 2.45) is 5.73 Å². The van der Waals surface area contributed by atoms with Gasteiger partial charge in [0, 0.05) is 0 Å².